The third kappa shape index (κ3) is 4.55. The molecular weight excluding hydrogens is 334 g/mol. The van der Waals surface area contributed by atoms with E-state index in [1.807, 2.05) is 40.6 Å². The smallest absolute Gasteiger partial charge is 0.270 e. The van der Waals surface area contributed by atoms with Gasteiger partial charge in [-0.25, -0.2) is 0 Å². The fourth-order valence-corrected chi connectivity index (χ4v) is 3.37. The van der Waals surface area contributed by atoms with E-state index in [0.29, 0.717) is 24.4 Å². The molecule has 0 bridgehead atoms. The first-order valence-electron chi connectivity index (χ1n) is 8.35. The van der Waals surface area contributed by atoms with Crippen LogP contribution in [-0.4, -0.2) is 49.9 Å². The molecule has 25 heavy (non-hydrogen) atoms. The average Bonchev–Trinajstić information content (AvgIpc) is 3.15. The summed E-state index contributed by atoms with van der Waals surface area (Å²) in [6, 6.07) is 12.8. The largest absolute Gasteiger partial charge is 0.334 e. The Balaban J connectivity index is 1.80. The molecule has 0 spiro atoms. The summed E-state index contributed by atoms with van der Waals surface area (Å²) in [6.45, 7) is 3.25. The van der Waals surface area contributed by atoms with Gasteiger partial charge in [0.1, 0.15) is 5.70 Å². The molecule has 0 unspecified atom stereocenters. The van der Waals surface area contributed by atoms with Crippen molar-refractivity contribution in [1.82, 2.24) is 10.2 Å². The number of nitrogens with one attached hydrogen (secondary N) is 2. The van der Waals surface area contributed by atoms with Crippen molar-refractivity contribution in [1.29, 1.82) is 0 Å². The predicted octanol–water partition coefficient (Wildman–Crippen LogP) is 0.876. The number of rotatable bonds is 4. The molecule has 1 saturated heterocycles. The number of benzene rings is 1. The molecule has 1 aliphatic heterocycles. The minimum atomic E-state index is -0.267. The van der Waals surface area contributed by atoms with E-state index in [4.69, 9.17) is 0 Å². The summed E-state index contributed by atoms with van der Waals surface area (Å²) in [5, 5.41) is 4.76. The lowest BCUT2D eigenvalue weighted by atomic mass is 10.2. The lowest BCUT2D eigenvalue weighted by molar-refractivity contribution is -0.883. The van der Waals surface area contributed by atoms with Crippen LogP contribution in [0.3, 0.4) is 0 Å². The molecule has 1 aliphatic rings. The number of piperazine rings is 1. The summed E-state index contributed by atoms with van der Waals surface area (Å²) in [6.07, 6.45) is 1.76. The minimum absolute atomic E-state index is 0.120. The van der Waals surface area contributed by atoms with Crippen LogP contribution < -0.4 is 10.2 Å². The number of thiophene rings is 1. The van der Waals surface area contributed by atoms with E-state index >= 15 is 0 Å². The highest BCUT2D eigenvalue weighted by Crippen LogP contribution is 2.14. The Morgan fingerprint density at radius 2 is 1.84 bits per heavy atom. The van der Waals surface area contributed by atoms with Crippen LogP contribution in [0, 0.1) is 0 Å². The van der Waals surface area contributed by atoms with Crippen molar-refractivity contribution in [3.8, 4) is 0 Å². The molecule has 130 valence electrons. The summed E-state index contributed by atoms with van der Waals surface area (Å²) < 4.78 is 0. The quantitative estimate of drug-likeness (QED) is 0.799. The molecule has 2 N–H and O–H groups in total. The van der Waals surface area contributed by atoms with Gasteiger partial charge in [0.05, 0.1) is 33.2 Å². The number of hydrogen-bond donors (Lipinski definition) is 2. The maximum absolute atomic E-state index is 12.9. The van der Waals surface area contributed by atoms with E-state index in [1.165, 1.54) is 16.2 Å². The first-order chi connectivity index (χ1) is 12.1. The highest BCUT2D eigenvalue weighted by molar-refractivity contribution is 7.10. The zero-order valence-corrected chi connectivity index (χ0v) is 15.0. The van der Waals surface area contributed by atoms with Crippen LogP contribution in [0.1, 0.15) is 15.2 Å². The topological polar surface area (TPSA) is 53.9 Å². The highest BCUT2D eigenvalue weighted by Gasteiger charge is 2.25. The van der Waals surface area contributed by atoms with Gasteiger partial charge in [0.25, 0.3) is 11.8 Å². The second kappa shape index (κ2) is 8.09. The zero-order valence-electron chi connectivity index (χ0n) is 14.2. The van der Waals surface area contributed by atoms with E-state index in [-0.39, 0.29) is 11.8 Å². The first-order valence-corrected chi connectivity index (χ1v) is 9.23. The normalized spacial score (nSPS) is 15.9. The van der Waals surface area contributed by atoms with Crippen LogP contribution in [0.25, 0.3) is 6.08 Å². The van der Waals surface area contributed by atoms with Gasteiger partial charge >= 0.3 is 0 Å². The Hall–Kier alpha value is -2.44. The number of amides is 2. The van der Waals surface area contributed by atoms with Crippen LogP contribution in [-0.2, 0) is 4.79 Å². The van der Waals surface area contributed by atoms with Gasteiger partial charge in [-0.05, 0) is 29.7 Å². The highest BCUT2D eigenvalue weighted by atomic mass is 32.1. The minimum Gasteiger partial charge on any atom is -0.334 e. The molecule has 6 heteroatoms. The Bertz CT molecular complexity index is 748. The van der Waals surface area contributed by atoms with Gasteiger partial charge in [0.15, 0.2) is 0 Å². The van der Waals surface area contributed by atoms with E-state index in [0.717, 1.165) is 18.0 Å². The summed E-state index contributed by atoms with van der Waals surface area (Å²) in [5.41, 5.74) is 0.867. The van der Waals surface area contributed by atoms with Gasteiger partial charge in [-0.15, -0.1) is 11.3 Å². The van der Waals surface area contributed by atoms with Gasteiger partial charge in [-0.2, -0.15) is 0 Å². The van der Waals surface area contributed by atoms with E-state index in [1.54, 1.807) is 18.2 Å². The summed E-state index contributed by atoms with van der Waals surface area (Å²) in [5.74, 6) is -0.387. The predicted molar refractivity (Wildman–Crippen MR) is 99.4 cm³/mol. The molecular formula is C19H22N3O2S+. The Kier molecular flexibility index (Phi) is 5.63. The van der Waals surface area contributed by atoms with Gasteiger partial charge in [-0.3, -0.25) is 9.59 Å². The standard InChI is InChI=1S/C19H21N3O2S/c1-21-9-11-22(12-10-21)19(24)17(14-16-8-5-13-25-16)20-18(23)15-6-3-2-4-7-15/h2-8,13-14H,9-12H2,1H3,(H,20,23)/p+1/b17-14-. The monoisotopic (exact) mass is 356 g/mol. The van der Waals surface area contributed by atoms with E-state index in [9.17, 15) is 9.59 Å². The molecule has 1 fully saturated rings. The maximum Gasteiger partial charge on any atom is 0.270 e. The zero-order chi connectivity index (χ0) is 17.6. The Morgan fingerprint density at radius 1 is 1.12 bits per heavy atom. The molecule has 0 atom stereocenters. The van der Waals surface area contributed by atoms with Crippen LogP contribution in [0.4, 0.5) is 0 Å². The fourth-order valence-electron chi connectivity index (χ4n) is 2.71. The van der Waals surface area contributed by atoms with Crippen molar-refractivity contribution in [2.24, 2.45) is 0 Å². The first kappa shape index (κ1) is 17.4. The third-order valence-corrected chi connectivity index (χ3v) is 5.07. The molecule has 2 amide bonds. The SMILES string of the molecule is C[NH+]1CCN(C(=O)/C(=C/c2cccs2)NC(=O)c2ccccc2)CC1. The van der Waals surface area contributed by atoms with Crippen LogP contribution >= 0.6 is 11.3 Å². The molecule has 3 rings (SSSR count). The van der Waals surface area contributed by atoms with Gasteiger partial charge in [0, 0.05) is 10.4 Å². The molecule has 1 aromatic heterocycles. The lowest BCUT2D eigenvalue weighted by Gasteiger charge is -2.30. The Morgan fingerprint density at radius 3 is 2.48 bits per heavy atom. The molecule has 1 aromatic carbocycles. The summed E-state index contributed by atoms with van der Waals surface area (Å²) in [7, 11) is 2.13. The third-order valence-electron chi connectivity index (χ3n) is 4.25. The molecule has 0 aliphatic carbocycles. The molecule has 2 heterocycles. The number of carbonyl (C=O) groups is 2. The van der Waals surface area contributed by atoms with Crippen molar-refractivity contribution < 1.29 is 14.5 Å². The number of quaternary nitrogens is 1. The van der Waals surface area contributed by atoms with Crippen molar-refractivity contribution >= 4 is 29.2 Å². The average molecular weight is 356 g/mol. The molecule has 0 radical (unpaired) electrons. The lowest BCUT2D eigenvalue weighted by Crippen LogP contribution is -3.12. The fraction of sp³-hybridized carbons (Fsp3) is 0.263. The summed E-state index contributed by atoms with van der Waals surface area (Å²) >= 11 is 1.54. The number of likely N-dealkylation sites (N-methyl/N-ethyl adjacent to an activating group) is 1. The Labute approximate surface area is 151 Å². The maximum atomic E-state index is 12.9. The van der Waals surface area contributed by atoms with Crippen molar-refractivity contribution in [3.63, 3.8) is 0 Å². The van der Waals surface area contributed by atoms with Crippen LogP contribution in [0.2, 0.25) is 0 Å². The molecule has 5 nitrogen and oxygen atoms in total. The van der Waals surface area contributed by atoms with Gasteiger partial charge < -0.3 is 15.1 Å². The van der Waals surface area contributed by atoms with Crippen LogP contribution in [0.5, 0.6) is 0 Å². The van der Waals surface area contributed by atoms with E-state index in [2.05, 4.69) is 12.4 Å². The van der Waals surface area contributed by atoms with E-state index < -0.39 is 0 Å². The van der Waals surface area contributed by atoms with Crippen molar-refractivity contribution in [2.45, 2.75) is 0 Å². The van der Waals surface area contributed by atoms with Gasteiger partial charge in [-0.1, -0.05) is 24.3 Å². The van der Waals surface area contributed by atoms with Gasteiger partial charge in [0.2, 0.25) is 0 Å². The number of hydrogen-bond acceptors (Lipinski definition) is 3. The second-order valence-corrected chi connectivity index (χ2v) is 7.12. The number of nitrogens with zero attached hydrogens (tertiary/aromatic N) is 1. The van der Waals surface area contributed by atoms with Crippen LogP contribution in [0.15, 0.2) is 53.5 Å². The molecule has 2 aromatic rings. The second-order valence-electron chi connectivity index (χ2n) is 6.14. The van der Waals surface area contributed by atoms with Crippen molar-refractivity contribution in [2.75, 3.05) is 33.2 Å². The van der Waals surface area contributed by atoms with Crippen molar-refractivity contribution in [3.05, 3.63) is 64.0 Å². The number of carbonyl (C=O) groups excluding carboxylic acids is 2. The molecule has 0 saturated carbocycles. The summed E-state index contributed by atoms with van der Waals surface area (Å²) in [4.78, 5) is 29.6.